The Kier molecular flexibility index (Phi) is 8.68. The van der Waals surface area contributed by atoms with Crippen molar-refractivity contribution in [3.63, 3.8) is 0 Å². The zero-order valence-corrected chi connectivity index (χ0v) is 19.8. The molecule has 33 heavy (non-hydrogen) atoms. The summed E-state index contributed by atoms with van der Waals surface area (Å²) in [7, 11) is 3.16. The number of carbonyl (C=O) groups is 3. The van der Waals surface area contributed by atoms with Gasteiger partial charge in [-0.05, 0) is 56.4 Å². The van der Waals surface area contributed by atoms with Gasteiger partial charge in [0, 0.05) is 44.8 Å². The first-order valence-corrected chi connectivity index (χ1v) is 11.6. The van der Waals surface area contributed by atoms with Crippen molar-refractivity contribution in [3.05, 3.63) is 29.8 Å². The number of likely N-dealkylation sites (tertiary alicyclic amines) is 1. The summed E-state index contributed by atoms with van der Waals surface area (Å²) in [5, 5.41) is 3.11. The lowest BCUT2D eigenvalue weighted by molar-refractivity contribution is -0.137. The third-order valence-electron chi connectivity index (χ3n) is 6.68. The summed E-state index contributed by atoms with van der Waals surface area (Å²) in [5.74, 6) is 0.174. The zero-order chi connectivity index (χ0) is 24.0. The van der Waals surface area contributed by atoms with Crippen molar-refractivity contribution in [2.24, 2.45) is 5.73 Å². The maximum atomic E-state index is 13.4. The lowest BCUT2D eigenvalue weighted by Crippen LogP contribution is -2.49. The summed E-state index contributed by atoms with van der Waals surface area (Å²) in [4.78, 5) is 42.1. The first kappa shape index (κ1) is 25.0. The fraction of sp³-hybridized carbons (Fsp3) is 0.625. The number of benzene rings is 1. The van der Waals surface area contributed by atoms with Gasteiger partial charge < -0.3 is 30.3 Å². The van der Waals surface area contributed by atoms with Crippen LogP contribution >= 0.6 is 0 Å². The SMILES string of the molecule is COCCN(C(=O)c1ccc(OC)cc1)C1CC(C(=O)NC2CCC(N)CC2)N(C(C)=O)C1. The number of hydrogen-bond donors (Lipinski definition) is 2. The van der Waals surface area contributed by atoms with E-state index in [0.29, 0.717) is 37.4 Å². The molecule has 9 nitrogen and oxygen atoms in total. The third-order valence-corrected chi connectivity index (χ3v) is 6.68. The van der Waals surface area contributed by atoms with E-state index >= 15 is 0 Å². The second-order valence-electron chi connectivity index (χ2n) is 8.92. The molecule has 0 spiro atoms. The molecule has 3 N–H and O–H groups in total. The number of nitrogens with two attached hydrogens (primary N) is 1. The fourth-order valence-corrected chi connectivity index (χ4v) is 4.74. The minimum Gasteiger partial charge on any atom is -0.497 e. The van der Waals surface area contributed by atoms with Crippen molar-refractivity contribution in [1.29, 1.82) is 0 Å². The van der Waals surface area contributed by atoms with Crippen LogP contribution in [0.15, 0.2) is 24.3 Å². The molecule has 1 aromatic rings. The van der Waals surface area contributed by atoms with Gasteiger partial charge in [0.05, 0.1) is 19.8 Å². The first-order valence-electron chi connectivity index (χ1n) is 11.6. The maximum absolute atomic E-state index is 13.4. The van der Waals surface area contributed by atoms with E-state index < -0.39 is 6.04 Å². The average Bonchev–Trinajstić information content (AvgIpc) is 3.26. The normalized spacial score (nSPS) is 24.9. The van der Waals surface area contributed by atoms with E-state index in [9.17, 15) is 14.4 Å². The highest BCUT2D eigenvalue weighted by Gasteiger charge is 2.42. The van der Waals surface area contributed by atoms with Gasteiger partial charge in [-0.25, -0.2) is 0 Å². The van der Waals surface area contributed by atoms with Crippen molar-refractivity contribution in [2.45, 2.75) is 63.2 Å². The minimum atomic E-state index is -0.600. The molecule has 2 fully saturated rings. The molecule has 1 saturated heterocycles. The topological polar surface area (TPSA) is 114 Å². The van der Waals surface area contributed by atoms with Crippen molar-refractivity contribution < 1.29 is 23.9 Å². The number of ether oxygens (including phenoxy) is 2. The molecule has 1 saturated carbocycles. The Bertz CT molecular complexity index is 823. The van der Waals surface area contributed by atoms with Crippen LogP contribution < -0.4 is 15.8 Å². The van der Waals surface area contributed by atoms with E-state index in [4.69, 9.17) is 15.2 Å². The molecule has 2 atom stereocenters. The smallest absolute Gasteiger partial charge is 0.254 e. The number of nitrogens with zero attached hydrogens (tertiary/aromatic N) is 2. The molecule has 0 radical (unpaired) electrons. The lowest BCUT2D eigenvalue weighted by atomic mass is 9.91. The molecule has 1 aromatic carbocycles. The Labute approximate surface area is 195 Å². The molecule has 0 aromatic heterocycles. The summed E-state index contributed by atoms with van der Waals surface area (Å²) in [6.07, 6.45) is 3.85. The highest BCUT2D eigenvalue weighted by atomic mass is 16.5. The lowest BCUT2D eigenvalue weighted by Gasteiger charge is -2.29. The Hall–Kier alpha value is -2.65. The van der Waals surface area contributed by atoms with Crippen molar-refractivity contribution >= 4 is 17.7 Å². The van der Waals surface area contributed by atoms with Crippen LogP contribution in [0.5, 0.6) is 5.75 Å². The van der Waals surface area contributed by atoms with Gasteiger partial charge >= 0.3 is 0 Å². The van der Waals surface area contributed by atoms with Crippen LogP contribution in [-0.4, -0.2) is 85.6 Å². The third kappa shape index (κ3) is 6.23. The van der Waals surface area contributed by atoms with Gasteiger partial charge in [-0.1, -0.05) is 0 Å². The highest BCUT2D eigenvalue weighted by Crippen LogP contribution is 2.26. The second kappa shape index (κ2) is 11.5. The Balaban J connectivity index is 1.74. The molecular weight excluding hydrogens is 424 g/mol. The number of carbonyl (C=O) groups excluding carboxylic acids is 3. The van der Waals surface area contributed by atoms with Crippen LogP contribution in [0, 0.1) is 0 Å². The molecule has 3 rings (SSSR count). The average molecular weight is 461 g/mol. The molecular formula is C24H36N4O5. The zero-order valence-electron chi connectivity index (χ0n) is 19.8. The standard InChI is InChI=1S/C24H36N4O5/c1-16(29)28-15-20(14-22(28)23(30)26-19-8-6-18(25)7-9-19)27(12-13-32-2)24(31)17-4-10-21(33-3)11-5-17/h4-5,10-11,18-20,22H,6-9,12-15,25H2,1-3H3,(H,26,30). The van der Waals surface area contributed by atoms with E-state index in [2.05, 4.69) is 5.32 Å². The summed E-state index contributed by atoms with van der Waals surface area (Å²) in [5.41, 5.74) is 6.50. The summed E-state index contributed by atoms with van der Waals surface area (Å²) in [6.45, 7) is 2.51. The fourth-order valence-electron chi connectivity index (χ4n) is 4.74. The predicted molar refractivity (Wildman–Crippen MR) is 124 cm³/mol. The molecule has 9 heteroatoms. The van der Waals surface area contributed by atoms with E-state index in [1.165, 1.54) is 6.92 Å². The summed E-state index contributed by atoms with van der Waals surface area (Å²) >= 11 is 0. The predicted octanol–water partition coefficient (Wildman–Crippen LogP) is 1.16. The number of hydrogen-bond acceptors (Lipinski definition) is 6. The largest absolute Gasteiger partial charge is 0.497 e. The Morgan fingerprint density at radius 2 is 1.79 bits per heavy atom. The van der Waals surface area contributed by atoms with Gasteiger partial charge in [-0.15, -0.1) is 0 Å². The molecule has 2 unspecified atom stereocenters. The van der Waals surface area contributed by atoms with Crippen LogP contribution in [0.4, 0.5) is 0 Å². The van der Waals surface area contributed by atoms with Gasteiger partial charge in [0.25, 0.3) is 5.91 Å². The van der Waals surface area contributed by atoms with Crippen molar-refractivity contribution in [3.8, 4) is 5.75 Å². The van der Waals surface area contributed by atoms with Gasteiger partial charge in [0.2, 0.25) is 11.8 Å². The molecule has 3 amide bonds. The Morgan fingerprint density at radius 3 is 2.36 bits per heavy atom. The first-order chi connectivity index (χ1) is 15.8. The van der Waals surface area contributed by atoms with Crippen LogP contribution in [0.2, 0.25) is 0 Å². The number of nitrogens with one attached hydrogen (secondary N) is 1. The minimum absolute atomic E-state index is 0.0793. The summed E-state index contributed by atoms with van der Waals surface area (Å²) in [6, 6.07) is 6.31. The quantitative estimate of drug-likeness (QED) is 0.602. The molecule has 1 aliphatic heterocycles. The number of amides is 3. The molecule has 182 valence electrons. The van der Waals surface area contributed by atoms with E-state index in [1.807, 2.05) is 0 Å². The van der Waals surface area contributed by atoms with Crippen LogP contribution in [-0.2, 0) is 14.3 Å². The summed E-state index contributed by atoms with van der Waals surface area (Å²) < 4.78 is 10.4. The van der Waals surface area contributed by atoms with E-state index in [1.54, 1.807) is 48.3 Å². The van der Waals surface area contributed by atoms with Crippen LogP contribution in [0.25, 0.3) is 0 Å². The molecule has 0 bridgehead atoms. The number of rotatable bonds is 8. The second-order valence-corrected chi connectivity index (χ2v) is 8.92. The monoisotopic (exact) mass is 460 g/mol. The molecule has 1 aliphatic carbocycles. The number of methoxy groups -OCH3 is 2. The van der Waals surface area contributed by atoms with Crippen molar-refractivity contribution in [1.82, 2.24) is 15.1 Å². The maximum Gasteiger partial charge on any atom is 0.254 e. The van der Waals surface area contributed by atoms with Gasteiger partial charge in [-0.3, -0.25) is 14.4 Å². The van der Waals surface area contributed by atoms with Crippen LogP contribution in [0.3, 0.4) is 0 Å². The van der Waals surface area contributed by atoms with E-state index in [0.717, 1.165) is 25.7 Å². The van der Waals surface area contributed by atoms with Gasteiger partial charge in [0.15, 0.2) is 0 Å². The van der Waals surface area contributed by atoms with Crippen LogP contribution in [0.1, 0.15) is 49.4 Å². The molecule has 1 heterocycles. The van der Waals surface area contributed by atoms with Gasteiger partial charge in [0.1, 0.15) is 11.8 Å². The highest BCUT2D eigenvalue weighted by molar-refractivity contribution is 5.95. The molecule has 2 aliphatic rings. The Morgan fingerprint density at radius 1 is 1.12 bits per heavy atom. The van der Waals surface area contributed by atoms with E-state index in [-0.39, 0.29) is 35.8 Å². The van der Waals surface area contributed by atoms with Crippen molar-refractivity contribution in [2.75, 3.05) is 33.9 Å². The van der Waals surface area contributed by atoms with Gasteiger partial charge in [-0.2, -0.15) is 0 Å².